The summed E-state index contributed by atoms with van der Waals surface area (Å²) in [7, 11) is 1.76. The number of para-hydroxylation sites is 1. The summed E-state index contributed by atoms with van der Waals surface area (Å²) in [5.41, 5.74) is 5.06. The number of rotatable bonds is 6. The van der Waals surface area contributed by atoms with Crippen LogP contribution in [0.3, 0.4) is 0 Å². The molecule has 162 valence electrons. The summed E-state index contributed by atoms with van der Waals surface area (Å²) in [6.45, 7) is 4.09. The zero-order chi connectivity index (χ0) is 22.1. The number of aromatic nitrogens is 1. The maximum Gasteiger partial charge on any atom is 0.254 e. The minimum Gasteiger partial charge on any atom is -0.467 e. The van der Waals surface area contributed by atoms with Gasteiger partial charge < -0.3 is 18.6 Å². The summed E-state index contributed by atoms with van der Waals surface area (Å²) in [5.74, 6) is 2.08. The number of oxazole rings is 1. The first kappa shape index (κ1) is 20.1. The van der Waals surface area contributed by atoms with Crippen LogP contribution in [0.5, 0.6) is 0 Å². The Balaban J connectivity index is 1.29. The molecule has 4 aromatic rings. The molecule has 0 bridgehead atoms. The zero-order valence-electron chi connectivity index (χ0n) is 18.2. The van der Waals surface area contributed by atoms with Crippen LogP contribution >= 0.6 is 0 Å². The second kappa shape index (κ2) is 8.38. The molecular formula is C26H25N3O3. The summed E-state index contributed by atoms with van der Waals surface area (Å²) in [6.07, 6.45) is 2.67. The Hall–Kier alpha value is -3.80. The van der Waals surface area contributed by atoms with Gasteiger partial charge in [-0.2, -0.15) is 0 Å². The Labute approximate surface area is 187 Å². The highest BCUT2D eigenvalue weighted by Gasteiger charge is 2.22. The van der Waals surface area contributed by atoms with Crippen LogP contribution in [-0.4, -0.2) is 29.4 Å². The van der Waals surface area contributed by atoms with Crippen molar-refractivity contribution < 1.29 is 13.6 Å². The first-order chi connectivity index (χ1) is 15.6. The van der Waals surface area contributed by atoms with E-state index in [1.165, 1.54) is 11.3 Å². The van der Waals surface area contributed by atoms with Gasteiger partial charge in [-0.15, -0.1) is 0 Å². The number of hydrogen-bond donors (Lipinski definition) is 0. The van der Waals surface area contributed by atoms with Gasteiger partial charge in [0.15, 0.2) is 0 Å². The van der Waals surface area contributed by atoms with Crippen molar-refractivity contribution in [2.75, 3.05) is 18.5 Å². The Kier molecular flexibility index (Phi) is 5.27. The first-order valence-corrected chi connectivity index (χ1v) is 10.8. The van der Waals surface area contributed by atoms with Crippen LogP contribution in [0, 0.1) is 6.92 Å². The lowest BCUT2D eigenvalue weighted by Crippen LogP contribution is -2.25. The quantitative estimate of drug-likeness (QED) is 0.430. The van der Waals surface area contributed by atoms with Crippen molar-refractivity contribution in [3.8, 4) is 11.5 Å². The molecule has 0 unspecified atom stereocenters. The van der Waals surface area contributed by atoms with Gasteiger partial charge in [-0.25, -0.2) is 4.98 Å². The highest BCUT2D eigenvalue weighted by molar-refractivity contribution is 5.94. The fourth-order valence-electron chi connectivity index (χ4n) is 4.13. The molecule has 0 aliphatic carbocycles. The molecule has 3 heterocycles. The lowest BCUT2D eigenvalue weighted by atomic mass is 10.1. The van der Waals surface area contributed by atoms with Crippen LogP contribution in [0.15, 0.2) is 75.8 Å². The van der Waals surface area contributed by atoms with Gasteiger partial charge in [0.1, 0.15) is 17.2 Å². The molecule has 1 aliphatic rings. The van der Waals surface area contributed by atoms with Crippen LogP contribution in [0.2, 0.25) is 0 Å². The first-order valence-electron chi connectivity index (χ1n) is 10.8. The van der Waals surface area contributed by atoms with E-state index in [0.29, 0.717) is 18.0 Å². The second-order valence-electron chi connectivity index (χ2n) is 8.14. The van der Waals surface area contributed by atoms with E-state index >= 15 is 0 Å². The van der Waals surface area contributed by atoms with Crippen LogP contribution in [0.1, 0.15) is 33.1 Å². The number of amides is 1. The van der Waals surface area contributed by atoms with Crippen LogP contribution < -0.4 is 4.90 Å². The predicted octanol–water partition coefficient (Wildman–Crippen LogP) is 5.08. The number of benzene rings is 2. The minimum atomic E-state index is -0.0649. The number of aryl methyl sites for hydroxylation is 1. The van der Waals surface area contributed by atoms with Crippen molar-refractivity contribution in [1.29, 1.82) is 0 Å². The maximum absolute atomic E-state index is 12.7. The van der Waals surface area contributed by atoms with Gasteiger partial charge >= 0.3 is 0 Å². The number of carbonyl (C=O) groups is 1. The third kappa shape index (κ3) is 3.91. The number of fused-ring (bicyclic) bond motifs is 1. The van der Waals surface area contributed by atoms with Crippen molar-refractivity contribution in [3.05, 3.63) is 95.3 Å². The van der Waals surface area contributed by atoms with E-state index in [1.54, 1.807) is 18.2 Å². The molecule has 0 fully saturated rings. The molecule has 0 spiro atoms. The van der Waals surface area contributed by atoms with Gasteiger partial charge in [0.2, 0.25) is 5.89 Å². The molecule has 1 amide bonds. The van der Waals surface area contributed by atoms with E-state index in [-0.39, 0.29) is 5.91 Å². The fraction of sp³-hybridized carbons (Fsp3) is 0.231. The normalized spacial score (nSPS) is 12.8. The lowest BCUT2D eigenvalue weighted by molar-refractivity contribution is 0.0775. The largest absolute Gasteiger partial charge is 0.467 e. The van der Waals surface area contributed by atoms with Crippen molar-refractivity contribution >= 4 is 11.6 Å². The summed E-state index contributed by atoms with van der Waals surface area (Å²) in [6, 6.07) is 19.6. The number of nitrogens with zero attached hydrogens (tertiary/aromatic N) is 3. The van der Waals surface area contributed by atoms with E-state index in [9.17, 15) is 4.79 Å². The monoisotopic (exact) mass is 427 g/mol. The molecule has 0 saturated heterocycles. The van der Waals surface area contributed by atoms with Crippen molar-refractivity contribution in [1.82, 2.24) is 9.88 Å². The van der Waals surface area contributed by atoms with Crippen LogP contribution in [0.25, 0.3) is 11.5 Å². The number of anilines is 1. The highest BCUT2D eigenvalue weighted by Crippen LogP contribution is 2.30. The summed E-state index contributed by atoms with van der Waals surface area (Å²) >= 11 is 0. The Morgan fingerprint density at radius 3 is 2.69 bits per heavy atom. The lowest BCUT2D eigenvalue weighted by Gasteiger charge is -2.18. The number of carbonyl (C=O) groups excluding carboxylic acids is 1. The fourth-order valence-corrected chi connectivity index (χ4v) is 4.13. The Morgan fingerprint density at radius 1 is 1.09 bits per heavy atom. The molecule has 6 heteroatoms. The molecule has 2 aromatic heterocycles. The van der Waals surface area contributed by atoms with Crippen molar-refractivity contribution in [2.24, 2.45) is 0 Å². The Morgan fingerprint density at radius 2 is 1.91 bits per heavy atom. The summed E-state index contributed by atoms with van der Waals surface area (Å²) in [5, 5.41) is 0. The van der Waals surface area contributed by atoms with E-state index in [4.69, 9.17) is 13.8 Å². The summed E-state index contributed by atoms with van der Waals surface area (Å²) < 4.78 is 11.3. The van der Waals surface area contributed by atoms with Crippen molar-refractivity contribution in [3.63, 3.8) is 0 Å². The SMILES string of the molecule is Cc1oc(-c2ccc(C(=O)N(C)Cc3ccco3)cc2)nc1CN1CCc2ccccc21. The van der Waals surface area contributed by atoms with E-state index in [1.807, 2.05) is 43.3 Å². The molecule has 0 saturated carbocycles. The maximum atomic E-state index is 12.7. The zero-order valence-corrected chi connectivity index (χ0v) is 18.2. The minimum absolute atomic E-state index is 0.0649. The molecule has 1 aliphatic heterocycles. The van der Waals surface area contributed by atoms with Gasteiger partial charge in [-0.05, 0) is 61.4 Å². The smallest absolute Gasteiger partial charge is 0.254 e. The van der Waals surface area contributed by atoms with Crippen molar-refractivity contribution in [2.45, 2.75) is 26.4 Å². The van der Waals surface area contributed by atoms with Gasteiger partial charge in [0.25, 0.3) is 5.91 Å². The third-order valence-corrected chi connectivity index (χ3v) is 5.92. The van der Waals surface area contributed by atoms with Gasteiger partial charge in [-0.1, -0.05) is 18.2 Å². The predicted molar refractivity (Wildman–Crippen MR) is 122 cm³/mol. The average Bonchev–Trinajstić information content (AvgIpc) is 3.55. The van der Waals surface area contributed by atoms with Gasteiger partial charge in [0, 0.05) is 30.4 Å². The van der Waals surface area contributed by atoms with Crippen LogP contribution in [-0.2, 0) is 19.5 Å². The van der Waals surface area contributed by atoms with Crippen LogP contribution in [0.4, 0.5) is 5.69 Å². The van der Waals surface area contributed by atoms with E-state index in [0.717, 1.165) is 42.3 Å². The summed E-state index contributed by atoms with van der Waals surface area (Å²) in [4.78, 5) is 21.5. The molecule has 0 radical (unpaired) electrons. The molecule has 2 aromatic carbocycles. The van der Waals surface area contributed by atoms with E-state index in [2.05, 4.69) is 29.2 Å². The Bertz CT molecular complexity index is 1230. The third-order valence-electron chi connectivity index (χ3n) is 5.92. The number of furan rings is 1. The second-order valence-corrected chi connectivity index (χ2v) is 8.14. The number of hydrogen-bond acceptors (Lipinski definition) is 5. The standard InChI is InChI=1S/C26H25N3O3/c1-18-23(17-29-14-13-19-6-3-4-8-24(19)29)27-25(32-18)20-9-11-21(12-10-20)26(30)28(2)16-22-7-5-15-31-22/h3-12,15H,13-14,16-17H2,1-2H3. The average molecular weight is 428 g/mol. The molecule has 5 rings (SSSR count). The van der Waals surface area contributed by atoms with Gasteiger partial charge in [-0.3, -0.25) is 4.79 Å². The van der Waals surface area contributed by atoms with E-state index < -0.39 is 0 Å². The topological polar surface area (TPSA) is 62.7 Å². The molecule has 32 heavy (non-hydrogen) atoms. The van der Waals surface area contributed by atoms with Gasteiger partial charge in [0.05, 0.1) is 19.4 Å². The molecule has 0 atom stereocenters. The molecular weight excluding hydrogens is 402 g/mol. The molecule has 6 nitrogen and oxygen atoms in total. The highest BCUT2D eigenvalue weighted by atomic mass is 16.4. The molecule has 0 N–H and O–H groups in total.